The molecule has 0 aliphatic rings. The van der Waals surface area contributed by atoms with Gasteiger partial charge in [-0.25, -0.2) is 0 Å². The third-order valence-corrected chi connectivity index (χ3v) is 5.31. The van der Waals surface area contributed by atoms with Crippen LogP contribution >= 0.6 is 33.0 Å². The molecule has 0 saturated heterocycles. The second-order valence-corrected chi connectivity index (χ2v) is 7.16. The van der Waals surface area contributed by atoms with Crippen molar-refractivity contribution in [1.29, 1.82) is 0 Å². The fourth-order valence-corrected chi connectivity index (χ4v) is 2.97. The maximum Gasteiger partial charge on any atom is 0.0756 e. The van der Waals surface area contributed by atoms with Crippen LogP contribution in [0.5, 0.6) is 0 Å². The van der Waals surface area contributed by atoms with Gasteiger partial charge in [0.25, 0.3) is 0 Å². The summed E-state index contributed by atoms with van der Waals surface area (Å²) in [5, 5.41) is 2.00. The van der Waals surface area contributed by atoms with Crippen molar-refractivity contribution in [3.05, 3.63) is 29.7 Å². The van der Waals surface area contributed by atoms with Crippen LogP contribution in [0.1, 0.15) is 60.3 Å². The second-order valence-electron chi connectivity index (χ2n) is 4.90. The maximum atomic E-state index is 5.75. The molecule has 0 saturated carbocycles. The van der Waals surface area contributed by atoms with Gasteiger partial charge in [0.15, 0.2) is 0 Å². The minimum Gasteiger partial charge on any atom is -0.330 e. The largest absolute Gasteiger partial charge is 0.330 e. The topological polar surface area (TPSA) is 26.0 Å². The van der Waals surface area contributed by atoms with Crippen LogP contribution in [-0.4, -0.2) is 6.54 Å². The van der Waals surface area contributed by atoms with Gasteiger partial charge in [0.2, 0.25) is 0 Å². The summed E-state index contributed by atoms with van der Waals surface area (Å²) >= 11 is 1.65. The van der Waals surface area contributed by atoms with Gasteiger partial charge in [0, 0.05) is 0 Å². The number of thiophene rings is 1. The Morgan fingerprint density at radius 1 is 1.43 bits per heavy atom. The van der Waals surface area contributed by atoms with Crippen LogP contribution in [0, 0.1) is 5.41 Å². The highest BCUT2D eigenvalue weighted by atomic mass is 35.7. The van der Waals surface area contributed by atoms with Crippen molar-refractivity contribution in [3.63, 3.8) is 0 Å². The third-order valence-electron chi connectivity index (χ3n) is 3.04. The monoisotopic (exact) mass is 349 g/mol. The number of unbranched alkanes of at least 4 members (excludes halogenated alkanes) is 1. The molecule has 0 spiro atoms. The molecule has 1 nitrogen and oxygen atoms in total. The van der Waals surface area contributed by atoms with E-state index in [1.54, 1.807) is 11.3 Å². The molecule has 0 aliphatic carbocycles. The lowest BCUT2D eigenvalue weighted by atomic mass is 9.82. The maximum absolute atomic E-state index is 5.75. The van der Waals surface area contributed by atoms with Crippen LogP contribution in [-0.2, 0) is 0 Å². The first kappa shape index (κ1) is 23.3. The summed E-state index contributed by atoms with van der Waals surface area (Å²) in [4.78, 5) is 0. The minimum absolute atomic E-state index is 0.336. The van der Waals surface area contributed by atoms with Crippen molar-refractivity contribution in [2.75, 3.05) is 6.54 Å². The van der Waals surface area contributed by atoms with E-state index in [2.05, 4.69) is 32.9 Å². The molecule has 4 heteroatoms. The zero-order chi connectivity index (χ0) is 16.6. The number of hydrogen-bond acceptors (Lipinski definition) is 3. The first-order valence-corrected chi connectivity index (χ1v) is 10.3. The van der Waals surface area contributed by atoms with Gasteiger partial charge in [-0.1, -0.05) is 58.8 Å². The van der Waals surface area contributed by atoms with Gasteiger partial charge >= 0.3 is 0 Å². The van der Waals surface area contributed by atoms with Gasteiger partial charge in [0.05, 0.1) is 4.21 Å². The van der Waals surface area contributed by atoms with E-state index >= 15 is 0 Å². The smallest absolute Gasteiger partial charge is 0.0756 e. The van der Waals surface area contributed by atoms with Gasteiger partial charge < -0.3 is 5.73 Å². The lowest BCUT2D eigenvalue weighted by Gasteiger charge is -2.26. The molecule has 1 heterocycles. The first-order chi connectivity index (χ1) is 10.1. The lowest BCUT2D eigenvalue weighted by Crippen LogP contribution is -2.26. The zero-order valence-corrected chi connectivity index (χ0v) is 16.6. The van der Waals surface area contributed by atoms with E-state index in [1.807, 2.05) is 31.4 Å². The average Bonchev–Trinajstić information content (AvgIpc) is 3.07. The summed E-state index contributed by atoms with van der Waals surface area (Å²) in [5.41, 5.74) is 6.09. The van der Waals surface area contributed by atoms with E-state index in [1.165, 1.54) is 30.2 Å². The Labute approximate surface area is 144 Å². The van der Waals surface area contributed by atoms with Crippen molar-refractivity contribution in [1.82, 2.24) is 0 Å². The molecule has 1 unspecified atom stereocenters. The van der Waals surface area contributed by atoms with E-state index in [9.17, 15) is 0 Å². The molecule has 0 aliphatic heterocycles. The molecule has 0 bridgehead atoms. The van der Waals surface area contributed by atoms with E-state index in [4.69, 9.17) is 16.4 Å². The normalized spacial score (nSPS) is 12.9. The van der Waals surface area contributed by atoms with E-state index < -0.39 is 0 Å². The number of halogens is 1. The van der Waals surface area contributed by atoms with Gasteiger partial charge in [-0.05, 0) is 64.8 Å². The predicted molar refractivity (Wildman–Crippen MR) is 103 cm³/mol. The highest BCUT2D eigenvalue weighted by molar-refractivity contribution is 8.22. The molecule has 1 aromatic rings. The molecule has 21 heavy (non-hydrogen) atoms. The molecule has 0 radical (unpaired) electrons. The second kappa shape index (κ2) is 16.4. The first-order valence-electron chi connectivity index (χ1n) is 7.75. The Hall–Kier alpha value is 0.0400. The Morgan fingerprint density at radius 2 is 2.10 bits per heavy atom. The van der Waals surface area contributed by atoms with Gasteiger partial charge in [-0.15, -0.1) is 11.3 Å². The molecule has 0 fully saturated rings. The number of rotatable bonds is 7. The molecular weight excluding hydrogens is 318 g/mol. The highest BCUT2D eigenvalue weighted by Gasteiger charge is 2.19. The Kier molecular flexibility index (Phi) is 18.2. The van der Waals surface area contributed by atoms with Crippen molar-refractivity contribution < 1.29 is 0 Å². The summed E-state index contributed by atoms with van der Waals surface area (Å²) in [6.07, 6.45) is 9.28. The molecule has 0 amide bonds. The van der Waals surface area contributed by atoms with Crippen molar-refractivity contribution in [2.45, 2.75) is 64.5 Å². The van der Waals surface area contributed by atoms with Gasteiger partial charge in [0.1, 0.15) is 0 Å². The Bertz CT molecular complexity index is 326. The SMILES string of the molecule is C/C=C/CC(C)(CN)CCCC.CC.ClSc1cccs1. The number of nitrogens with two attached hydrogens (primary N) is 1. The van der Waals surface area contributed by atoms with Gasteiger partial charge in [-0.3, -0.25) is 0 Å². The summed E-state index contributed by atoms with van der Waals surface area (Å²) in [5.74, 6) is 0. The van der Waals surface area contributed by atoms with Gasteiger partial charge in [-0.2, -0.15) is 0 Å². The molecular formula is C17H32ClNS2. The lowest BCUT2D eigenvalue weighted by molar-refractivity contribution is 0.302. The van der Waals surface area contributed by atoms with Crippen LogP contribution in [0.4, 0.5) is 0 Å². The van der Waals surface area contributed by atoms with E-state index in [0.717, 1.165) is 17.2 Å². The fraction of sp³-hybridized carbons (Fsp3) is 0.647. The summed E-state index contributed by atoms with van der Waals surface area (Å²) in [6, 6.07) is 3.97. The third kappa shape index (κ3) is 13.4. The predicted octanol–water partition coefficient (Wildman–Crippen LogP) is 7.13. The minimum atomic E-state index is 0.336. The highest BCUT2D eigenvalue weighted by Crippen LogP contribution is 2.27. The van der Waals surface area contributed by atoms with E-state index in [0.29, 0.717) is 5.41 Å². The number of hydrogen-bond donors (Lipinski definition) is 1. The summed E-state index contributed by atoms with van der Waals surface area (Å²) in [6.45, 7) is 11.4. The quantitative estimate of drug-likeness (QED) is 0.530. The summed E-state index contributed by atoms with van der Waals surface area (Å²) in [7, 11) is 6.66. The van der Waals surface area contributed by atoms with Crippen molar-refractivity contribution in [2.24, 2.45) is 11.1 Å². The molecule has 124 valence electrons. The molecule has 0 aromatic carbocycles. The van der Waals surface area contributed by atoms with Crippen LogP contribution < -0.4 is 5.73 Å². The average molecular weight is 350 g/mol. The van der Waals surface area contributed by atoms with E-state index in [-0.39, 0.29) is 0 Å². The standard InChI is InChI=1S/C11H23N.C4H3ClS2.C2H6/c1-4-6-8-11(3,10-12)9-7-5-2;5-7-4-2-1-3-6-4;1-2/h4,6H,5,7-10,12H2,1-3H3;1-3H;1-2H3/b6-4+;;. The van der Waals surface area contributed by atoms with Crippen molar-refractivity contribution in [3.8, 4) is 0 Å². The molecule has 2 N–H and O–H groups in total. The van der Waals surface area contributed by atoms with Crippen LogP contribution in [0.15, 0.2) is 33.9 Å². The molecule has 1 atom stereocenters. The Balaban J connectivity index is 0. The fourth-order valence-electron chi connectivity index (χ4n) is 1.60. The zero-order valence-electron chi connectivity index (χ0n) is 14.2. The molecule has 1 aromatic heterocycles. The Morgan fingerprint density at radius 3 is 2.43 bits per heavy atom. The van der Waals surface area contributed by atoms with Crippen LogP contribution in [0.25, 0.3) is 0 Å². The van der Waals surface area contributed by atoms with Crippen LogP contribution in [0.2, 0.25) is 0 Å². The van der Waals surface area contributed by atoms with Crippen LogP contribution in [0.3, 0.4) is 0 Å². The number of allylic oxidation sites excluding steroid dienone is 2. The summed E-state index contributed by atoms with van der Waals surface area (Å²) < 4.78 is 1.15. The van der Waals surface area contributed by atoms with Crippen molar-refractivity contribution >= 4 is 33.0 Å². The molecule has 1 rings (SSSR count).